The second kappa shape index (κ2) is 8.93. The van der Waals surface area contributed by atoms with Gasteiger partial charge in [-0.3, -0.25) is 4.79 Å². The Morgan fingerprint density at radius 2 is 1.93 bits per heavy atom. The van der Waals surface area contributed by atoms with Gasteiger partial charge in [0.15, 0.2) is 0 Å². The van der Waals surface area contributed by atoms with Crippen LogP contribution in [0.5, 0.6) is 0 Å². The van der Waals surface area contributed by atoms with Crippen LogP contribution in [0, 0.1) is 19.3 Å². The molecule has 2 N–H and O–H groups in total. The van der Waals surface area contributed by atoms with E-state index in [-0.39, 0.29) is 17.4 Å². The predicted molar refractivity (Wildman–Crippen MR) is 113 cm³/mol. The van der Waals surface area contributed by atoms with Crippen molar-refractivity contribution in [2.75, 3.05) is 33.4 Å². The fourth-order valence-electron chi connectivity index (χ4n) is 4.48. The number of piperidine rings is 1. The van der Waals surface area contributed by atoms with Crippen molar-refractivity contribution in [2.45, 2.75) is 39.7 Å². The van der Waals surface area contributed by atoms with E-state index in [2.05, 4.69) is 53.3 Å². The normalized spacial score (nSPS) is 17.3. The Morgan fingerprint density at radius 1 is 1.25 bits per heavy atom. The standard InChI is InChI=1S/C23H33N3O2/c1-17-14-21(19(3)26(17)18(2)20-8-6-5-7-9-20)22(27)25-15-23(16-28-4)10-12-24-13-11-23/h5-9,14,18,24H,10-13,15-16H2,1-4H3,(H,25,27). The van der Waals surface area contributed by atoms with Gasteiger partial charge in [0, 0.05) is 30.5 Å². The van der Waals surface area contributed by atoms with E-state index in [4.69, 9.17) is 4.74 Å². The molecule has 1 fully saturated rings. The van der Waals surface area contributed by atoms with Crippen molar-refractivity contribution in [1.82, 2.24) is 15.2 Å². The molecule has 5 heteroatoms. The maximum absolute atomic E-state index is 13.0. The van der Waals surface area contributed by atoms with Gasteiger partial charge >= 0.3 is 0 Å². The number of amides is 1. The third kappa shape index (κ3) is 4.31. The van der Waals surface area contributed by atoms with Crippen LogP contribution in [0.15, 0.2) is 36.4 Å². The molecule has 1 aromatic heterocycles. The van der Waals surface area contributed by atoms with Gasteiger partial charge in [-0.15, -0.1) is 0 Å². The molecule has 0 aliphatic carbocycles. The first-order valence-corrected chi connectivity index (χ1v) is 10.2. The van der Waals surface area contributed by atoms with Crippen LogP contribution in [0.2, 0.25) is 0 Å². The number of methoxy groups -OCH3 is 1. The molecule has 1 saturated heterocycles. The second-order valence-corrected chi connectivity index (χ2v) is 8.11. The van der Waals surface area contributed by atoms with Crippen LogP contribution in [-0.2, 0) is 4.74 Å². The summed E-state index contributed by atoms with van der Waals surface area (Å²) < 4.78 is 7.72. The number of benzene rings is 1. The van der Waals surface area contributed by atoms with Crippen LogP contribution < -0.4 is 10.6 Å². The fraction of sp³-hybridized carbons (Fsp3) is 0.522. The van der Waals surface area contributed by atoms with E-state index in [0.717, 1.165) is 42.9 Å². The van der Waals surface area contributed by atoms with Crippen molar-refractivity contribution in [3.63, 3.8) is 0 Å². The first-order valence-electron chi connectivity index (χ1n) is 10.2. The smallest absolute Gasteiger partial charge is 0.253 e. The lowest BCUT2D eigenvalue weighted by atomic mass is 9.79. The Kier molecular flexibility index (Phi) is 6.57. The van der Waals surface area contributed by atoms with E-state index in [9.17, 15) is 4.79 Å². The summed E-state index contributed by atoms with van der Waals surface area (Å²) in [5, 5.41) is 6.59. The molecule has 0 bridgehead atoms. The van der Waals surface area contributed by atoms with Gasteiger partial charge < -0.3 is 19.9 Å². The van der Waals surface area contributed by atoms with Crippen molar-refractivity contribution in [3.05, 3.63) is 58.9 Å². The van der Waals surface area contributed by atoms with E-state index < -0.39 is 0 Å². The van der Waals surface area contributed by atoms with Gasteiger partial charge in [-0.1, -0.05) is 30.3 Å². The molecule has 5 nitrogen and oxygen atoms in total. The third-order valence-corrected chi connectivity index (χ3v) is 6.14. The first-order chi connectivity index (χ1) is 13.5. The molecule has 28 heavy (non-hydrogen) atoms. The lowest BCUT2D eigenvalue weighted by molar-refractivity contribution is 0.0511. The molecule has 152 valence electrons. The maximum Gasteiger partial charge on any atom is 0.253 e. The Bertz CT molecular complexity index is 786. The number of nitrogens with one attached hydrogen (secondary N) is 2. The zero-order chi connectivity index (χ0) is 20.1. The third-order valence-electron chi connectivity index (χ3n) is 6.14. The molecule has 1 amide bonds. The SMILES string of the molecule is COCC1(CNC(=O)c2cc(C)n(C(C)c3ccccc3)c2C)CCNCC1. The predicted octanol–water partition coefficient (Wildman–Crippen LogP) is 3.46. The molecule has 1 aromatic carbocycles. The lowest BCUT2D eigenvalue weighted by Gasteiger charge is -2.37. The summed E-state index contributed by atoms with van der Waals surface area (Å²) in [5.41, 5.74) is 4.15. The molecule has 1 atom stereocenters. The molecule has 0 saturated carbocycles. The molecular weight excluding hydrogens is 350 g/mol. The van der Waals surface area contributed by atoms with E-state index in [1.54, 1.807) is 7.11 Å². The number of carbonyl (C=O) groups is 1. The Morgan fingerprint density at radius 3 is 2.57 bits per heavy atom. The number of aryl methyl sites for hydroxylation is 1. The van der Waals surface area contributed by atoms with Gasteiger partial charge in [-0.25, -0.2) is 0 Å². The average Bonchev–Trinajstić information content (AvgIpc) is 3.01. The number of ether oxygens (including phenoxy) is 1. The van der Waals surface area contributed by atoms with Gasteiger partial charge in [0.25, 0.3) is 5.91 Å². The minimum absolute atomic E-state index is 0.00798. The zero-order valence-corrected chi connectivity index (χ0v) is 17.5. The summed E-state index contributed by atoms with van der Waals surface area (Å²) in [7, 11) is 1.74. The van der Waals surface area contributed by atoms with Gasteiger partial charge in [0.1, 0.15) is 0 Å². The molecule has 0 radical (unpaired) electrons. The summed E-state index contributed by atoms with van der Waals surface area (Å²) in [5.74, 6) is 0.00798. The second-order valence-electron chi connectivity index (χ2n) is 8.11. The Labute approximate surface area is 168 Å². The Balaban J connectivity index is 1.76. The highest BCUT2D eigenvalue weighted by Gasteiger charge is 2.33. The number of hydrogen-bond acceptors (Lipinski definition) is 3. The summed E-state index contributed by atoms with van der Waals surface area (Å²) in [6.45, 7) is 9.57. The van der Waals surface area contributed by atoms with E-state index in [1.165, 1.54) is 5.56 Å². The number of aromatic nitrogens is 1. The average molecular weight is 384 g/mol. The van der Waals surface area contributed by atoms with Crippen molar-refractivity contribution in [2.24, 2.45) is 5.41 Å². The topological polar surface area (TPSA) is 55.3 Å². The first kappa shape index (κ1) is 20.6. The van der Waals surface area contributed by atoms with Crippen LogP contribution in [0.4, 0.5) is 0 Å². The van der Waals surface area contributed by atoms with Crippen molar-refractivity contribution < 1.29 is 9.53 Å². The van der Waals surface area contributed by atoms with E-state index in [0.29, 0.717) is 13.2 Å². The van der Waals surface area contributed by atoms with Gasteiger partial charge in [-0.2, -0.15) is 0 Å². The minimum atomic E-state index is 0.00798. The number of rotatable bonds is 7. The minimum Gasteiger partial charge on any atom is -0.384 e. The summed E-state index contributed by atoms with van der Waals surface area (Å²) in [4.78, 5) is 13.0. The number of carbonyl (C=O) groups excluding carboxylic acids is 1. The van der Waals surface area contributed by atoms with Crippen LogP contribution in [0.25, 0.3) is 0 Å². The van der Waals surface area contributed by atoms with Gasteiger partial charge in [-0.05, 0) is 58.3 Å². The van der Waals surface area contributed by atoms with Crippen molar-refractivity contribution in [1.29, 1.82) is 0 Å². The number of nitrogens with zero attached hydrogens (tertiary/aromatic N) is 1. The highest BCUT2D eigenvalue weighted by Crippen LogP contribution is 2.29. The van der Waals surface area contributed by atoms with Gasteiger partial charge in [0.2, 0.25) is 0 Å². The molecule has 1 aliphatic rings. The molecule has 1 aliphatic heterocycles. The fourth-order valence-corrected chi connectivity index (χ4v) is 4.48. The highest BCUT2D eigenvalue weighted by atomic mass is 16.5. The molecule has 2 heterocycles. The van der Waals surface area contributed by atoms with Crippen LogP contribution in [0.1, 0.15) is 53.1 Å². The maximum atomic E-state index is 13.0. The summed E-state index contributed by atoms with van der Waals surface area (Å²) in [6.07, 6.45) is 2.04. The van der Waals surface area contributed by atoms with Crippen LogP contribution >= 0.6 is 0 Å². The van der Waals surface area contributed by atoms with Crippen molar-refractivity contribution >= 4 is 5.91 Å². The molecule has 3 rings (SSSR count). The molecule has 0 spiro atoms. The van der Waals surface area contributed by atoms with E-state index in [1.807, 2.05) is 19.1 Å². The summed E-state index contributed by atoms with van der Waals surface area (Å²) >= 11 is 0. The molecular formula is C23H33N3O2. The van der Waals surface area contributed by atoms with Crippen molar-refractivity contribution in [3.8, 4) is 0 Å². The van der Waals surface area contributed by atoms with Crippen LogP contribution in [-0.4, -0.2) is 43.8 Å². The van der Waals surface area contributed by atoms with E-state index >= 15 is 0 Å². The quantitative estimate of drug-likeness (QED) is 0.770. The number of hydrogen-bond donors (Lipinski definition) is 2. The Hall–Kier alpha value is -2.11. The monoisotopic (exact) mass is 383 g/mol. The summed E-state index contributed by atoms with van der Waals surface area (Å²) in [6, 6.07) is 12.6. The molecule has 1 unspecified atom stereocenters. The van der Waals surface area contributed by atoms with Gasteiger partial charge in [0.05, 0.1) is 18.2 Å². The largest absolute Gasteiger partial charge is 0.384 e. The highest BCUT2D eigenvalue weighted by molar-refractivity contribution is 5.95. The van der Waals surface area contributed by atoms with Crippen LogP contribution in [0.3, 0.4) is 0 Å². The molecule has 2 aromatic rings. The zero-order valence-electron chi connectivity index (χ0n) is 17.5. The lowest BCUT2D eigenvalue weighted by Crippen LogP contribution is -2.47.